The second-order valence-electron chi connectivity index (χ2n) is 5.32. The van der Waals surface area contributed by atoms with Crippen molar-refractivity contribution in [3.05, 3.63) is 36.2 Å². The SMILES string of the molecule is C=CC(=O)N1CC[C@@H](C(=O)Nc2cnc(C)c(C(F)(F)F)c2)C1. The summed E-state index contributed by atoms with van der Waals surface area (Å²) < 4.78 is 38.5. The Balaban J connectivity index is 2.07. The molecule has 0 spiro atoms. The van der Waals surface area contributed by atoms with E-state index in [0.29, 0.717) is 13.0 Å². The maximum atomic E-state index is 12.8. The molecule has 1 aromatic rings. The Morgan fingerprint density at radius 1 is 1.48 bits per heavy atom. The molecule has 0 aromatic carbocycles. The Morgan fingerprint density at radius 2 is 2.17 bits per heavy atom. The normalized spacial score (nSPS) is 17.9. The summed E-state index contributed by atoms with van der Waals surface area (Å²) in [5.41, 5.74) is -1.05. The highest BCUT2D eigenvalue weighted by atomic mass is 19.4. The Morgan fingerprint density at radius 3 is 2.78 bits per heavy atom. The van der Waals surface area contributed by atoms with E-state index in [9.17, 15) is 22.8 Å². The number of hydrogen-bond donors (Lipinski definition) is 1. The molecule has 1 saturated heterocycles. The molecule has 0 aliphatic carbocycles. The fraction of sp³-hybridized carbons (Fsp3) is 0.400. The molecule has 23 heavy (non-hydrogen) atoms. The fourth-order valence-electron chi connectivity index (χ4n) is 2.44. The third kappa shape index (κ3) is 3.88. The number of nitrogens with zero attached hydrogens (tertiary/aromatic N) is 2. The molecule has 0 bridgehead atoms. The first kappa shape index (κ1) is 17.0. The number of aryl methyl sites for hydroxylation is 1. The number of carbonyl (C=O) groups excluding carboxylic acids is 2. The van der Waals surface area contributed by atoms with Gasteiger partial charge in [0.1, 0.15) is 0 Å². The van der Waals surface area contributed by atoms with Gasteiger partial charge in [0, 0.05) is 18.8 Å². The number of carbonyl (C=O) groups is 2. The molecule has 1 atom stereocenters. The molecule has 1 fully saturated rings. The second kappa shape index (κ2) is 6.39. The van der Waals surface area contributed by atoms with Crippen molar-refractivity contribution in [2.45, 2.75) is 19.5 Å². The molecule has 1 aliphatic heterocycles. The molecule has 0 unspecified atom stereocenters. The van der Waals surface area contributed by atoms with Crippen molar-refractivity contribution < 1.29 is 22.8 Å². The summed E-state index contributed by atoms with van der Waals surface area (Å²) in [5, 5.41) is 2.44. The van der Waals surface area contributed by atoms with E-state index in [2.05, 4.69) is 16.9 Å². The molecule has 8 heteroatoms. The first-order chi connectivity index (χ1) is 10.7. The zero-order valence-corrected chi connectivity index (χ0v) is 12.5. The number of hydrogen-bond acceptors (Lipinski definition) is 3. The molecule has 2 amide bonds. The summed E-state index contributed by atoms with van der Waals surface area (Å²) in [6.45, 7) is 5.28. The van der Waals surface area contributed by atoms with Crippen LogP contribution in [0.4, 0.5) is 18.9 Å². The minimum absolute atomic E-state index is 0.0126. The number of amides is 2. The van der Waals surface area contributed by atoms with Crippen LogP contribution in [-0.2, 0) is 15.8 Å². The lowest BCUT2D eigenvalue weighted by Gasteiger charge is -2.15. The number of pyridine rings is 1. The fourth-order valence-corrected chi connectivity index (χ4v) is 2.44. The minimum atomic E-state index is -4.53. The Hall–Kier alpha value is -2.38. The van der Waals surface area contributed by atoms with Crippen molar-refractivity contribution in [2.75, 3.05) is 18.4 Å². The molecular weight excluding hydrogens is 311 g/mol. The van der Waals surface area contributed by atoms with Gasteiger partial charge in [-0.05, 0) is 25.5 Å². The van der Waals surface area contributed by atoms with Crippen molar-refractivity contribution in [3.63, 3.8) is 0 Å². The first-order valence-corrected chi connectivity index (χ1v) is 6.98. The zero-order valence-electron chi connectivity index (χ0n) is 12.5. The predicted octanol–water partition coefficient (Wildman–Crippen LogP) is 2.38. The second-order valence-corrected chi connectivity index (χ2v) is 5.32. The van der Waals surface area contributed by atoms with E-state index in [4.69, 9.17) is 0 Å². The van der Waals surface area contributed by atoms with Crippen LogP contribution in [0.5, 0.6) is 0 Å². The molecule has 1 aromatic heterocycles. The standard InChI is InChI=1S/C15H16F3N3O2/c1-3-13(22)21-5-4-10(8-21)14(23)20-11-6-12(15(16,17)18)9(2)19-7-11/h3,6-7,10H,1,4-5,8H2,2H3,(H,20,23)/t10-/m1/s1. The van der Waals surface area contributed by atoms with Crippen molar-refractivity contribution in [1.82, 2.24) is 9.88 Å². The molecule has 0 radical (unpaired) electrons. The van der Waals surface area contributed by atoms with Crippen LogP contribution >= 0.6 is 0 Å². The molecule has 2 heterocycles. The third-order valence-electron chi connectivity index (χ3n) is 3.71. The third-order valence-corrected chi connectivity index (χ3v) is 3.71. The molecule has 0 saturated carbocycles. The van der Waals surface area contributed by atoms with Crippen LogP contribution in [0.3, 0.4) is 0 Å². The van der Waals surface area contributed by atoms with Crippen molar-refractivity contribution in [3.8, 4) is 0 Å². The lowest BCUT2D eigenvalue weighted by atomic mass is 10.1. The maximum absolute atomic E-state index is 12.8. The van der Waals surface area contributed by atoms with E-state index in [1.807, 2.05) is 0 Å². The van der Waals surface area contributed by atoms with Crippen LogP contribution in [0.15, 0.2) is 24.9 Å². The van der Waals surface area contributed by atoms with E-state index in [-0.39, 0.29) is 23.8 Å². The van der Waals surface area contributed by atoms with Gasteiger partial charge in [0.2, 0.25) is 11.8 Å². The Labute approximate surface area is 131 Å². The summed E-state index contributed by atoms with van der Waals surface area (Å²) in [6, 6.07) is 0.863. The molecule has 1 aliphatic rings. The van der Waals surface area contributed by atoms with Crippen LogP contribution in [0.25, 0.3) is 0 Å². The van der Waals surface area contributed by atoms with Crippen molar-refractivity contribution in [1.29, 1.82) is 0 Å². The minimum Gasteiger partial charge on any atom is -0.338 e. The number of aromatic nitrogens is 1. The summed E-state index contributed by atoms with van der Waals surface area (Å²) in [5.74, 6) is -1.16. The van der Waals surface area contributed by atoms with Gasteiger partial charge >= 0.3 is 6.18 Å². The smallest absolute Gasteiger partial charge is 0.338 e. The average molecular weight is 327 g/mol. The van der Waals surface area contributed by atoms with Crippen LogP contribution in [-0.4, -0.2) is 34.8 Å². The quantitative estimate of drug-likeness (QED) is 0.867. The van der Waals surface area contributed by atoms with Gasteiger partial charge in [0.25, 0.3) is 0 Å². The van der Waals surface area contributed by atoms with Crippen LogP contribution in [0, 0.1) is 12.8 Å². The largest absolute Gasteiger partial charge is 0.418 e. The summed E-state index contributed by atoms with van der Waals surface area (Å²) in [4.78, 5) is 28.8. The summed E-state index contributed by atoms with van der Waals surface area (Å²) in [6.07, 6.45) is -1.72. The Kier molecular flexibility index (Phi) is 4.72. The number of halogens is 3. The van der Waals surface area contributed by atoms with Gasteiger partial charge in [-0.3, -0.25) is 14.6 Å². The number of likely N-dealkylation sites (tertiary alicyclic amines) is 1. The highest BCUT2D eigenvalue weighted by molar-refractivity contribution is 5.94. The lowest BCUT2D eigenvalue weighted by molar-refractivity contribution is -0.138. The molecular formula is C15H16F3N3O2. The van der Waals surface area contributed by atoms with Gasteiger partial charge in [0.15, 0.2) is 0 Å². The van der Waals surface area contributed by atoms with E-state index >= 15 is 0 Å². The van der Waals surface area contributed by atoms with Gasteiger partial charge in [-0.1, -0.05) is 6.58 Å². The highest BCUT2D eigenvalue weighted by Crippen LogP contribution is 2.32. The lowest BCUT2D eigenvalue weighted by Crippen LogP contribution is -2.30. The number of alkyl halides is 3. The topological polar surface area (TPSA) is 62.3 Å². The van der Waals surface area contributed by atoms with Gasteiger partial charge in [-0.15, -0.1) is 0 Å². The number of rotatable bonds is 3. The summed E-state index contributed by atoms with van der Waals surface area (Å²) >= 11 is 0. The van der Waals surface area contributed by atoms with Gasteiger partial charge < -0.3 is 10.2 Å². The van der Waals surface area contributed by atoms with Gasteiger partial charge in [0.05, 0.1) is 23.4 Å². The number of nitrogens with one attached hydrogen (secondary N) is 1. The monoisotopic (exact) mass is 327 g/mol. The highest BCUT2D eigenvalue weighted by Gasteiger charge is 2.34. The Bertz CT molecular complexity index is 643. The van der Waals surface area contributed by atoms with Crippen LogP contribution in [0.2, 0.25) is 0 Å². The first-order valence-electron chi connectivity index (χ1n) is 6.98. The number of anilines is 1. The predicted molar refractivity (Wildman–Crippen MR) is 77.5 cm³/mol. The van der Waals surface area contributed by atoms with E-state index in [1.54, 1.807) is 0 Å². The van der Waals surface area contributed by atoms with Gasteiger partial charge in [-0.2, -0.15) is 13.2 Å². The maximum Gasteiger partial charge on any atom is 0.418 e. The summed E-state index contributed by atoms with van der Waals surface area (Å²) in [7, 11) is 0. The van der Waals surface area contributed by atoms with Gasteiger partial charge in [-0.25, -0.2) is 0 Å². The molecule has 124 valence electrons. The molecule has 1 N–H and O–H groups in total. The van der Waals surface area contributed by atoms with E-state index in [1.165, 1.54) is 24.1 Å². The average Bonchev–Trinajstić information content (AvgIpc) is 2.97. The van der Waals surface area contributed by atoms with Crippen molar-refractivity contribution >= 4 is 17.5 Å². The molecule has 2 rings (SSSR count). The van der Waals surface area contributed by atoms with Crippen LogP contribution < -0.4 is 5.32 Å². The zero-order chi connectivity index (χ0) is 17.2. The molecule has 5 nitrogen and oxygen atoms in total. The van der Waals surface area contributed by atoms with Crippen LogP contribution in [0.1, 0.15) is 17.7 Å². The van der Waals surface area contributed by atoms with Crippen molar-refractivity contribution in [2.24, 2.45) is 5.92 Å². The van der Waals surface area contributed by atoms with E-state index in [0.717, 1.165) is 6.07 Å². The van der Waals surface area contributed by atoms with E-state index < -0.39 is 23.6 Å².